The molecule has 17 nitrogen and oxygen atoms in total. The van der Waals surface area contributed by atoms with E-state index in [-0.39, 0.29) is 25.7 Å². The molecule has 0 fully saturated rings. The molecule has 7 atom stereocenters. The summed E-state index contributed by atoms with van der Waals surface area (Å²) in [5, 5.41) is 10.6. The van der Waals surface area contributed by atoms with E-state index in [1.807, 2.05) is 0 Å². The van der Waals surface area contributed by atoms with E-state index in [1.165, 1.54) is 148 Å². The first kappa shape index (κ1) is 88.1. The Morgan fingerprint density at radius 1 is 0.311 bits per heavy atom. The lowest BCUT2D eigenvalue weighted by atomic mass is 9.99. The van der Waals surface area contributed by atoms with Gasteiger partial charge in [-0.25, -0.2) is 9.13 Å². The number of ether oxygens (including phenoxy) is 4. The molecule has 0 amide bonds. The van der Waals surface area contributed by atoms with Gasteiger partial charge < -0.3 is 33.8 Å². The van der Waals surface area contributed by atoms with Crippen LogP contribution in [0.1, 0.15) is 351 Å². The Balaban J connectivity index is 5.26. The van der Waals surface area contributed by atoms with Crippen molar-refractivity contribution in [1.29, 1.82) is 0 Å². The van der Waals surface area contributed by atoms with Gasteiger partial charge in [-0.15, -0.1) is 0 Å². The lowest BCUT2D eigenvalue weighted by Gasteiger charge is -2.21. The third-order valence-corrected chi connectivity index (χ3v) is 18.9. The Bertz CT molecular complexity index is 1790. The first-order chi connectivity index (χ1) is 43.2. The van der Waals surface area contributed by atoms with Crippen LogP contribution in [0.5, 0.6) is 0 Å². The molecule has 0 saturated carbocycles. The van der Waals surface area contributed by atoms with Crippen molar-refractivity contribution in [2.45, 2.75) is 369 Å². The molecule has 0 rings (SSSR count). The highest BCUT2D eigenvalue weighted by atomic mass is 31.2. The van der Waals surface area contributed by atoms with Crippen LogP contribution in [0.25, 0.3) is 0 Å². The van der Waals surface area contributed by atoms with Crippen molar-refractivity contribution in [3.05, 3.63) is 0 Å². The third-order valence-electron chi connectivity index (χ3n) is 17.0. The van der Waals surface area contributed by atoms with Crippen LogP contribution in [-0.2, 0) is 65.4 Å². The summed E-state index contributed by atoms with van der Waals surface area (Å²) in [6.45, 7) is 14.1. The van der Waals surface area contributed by atoms with Crippen LogP contribution in [-0.4, -0.2) is 96.7 Å². The minimum atomic E-state index is -4.95. The van der Waals surface area contributed by atoms with Crippen LogP contribution in [0.4, 0.5) is 0 Å². The Hall–Kier alpha value is -1.94. The van der Waals surface area contributed by atoms with Crippen molar-refractivity contribution in [3.8, 4) is 0 Å². The number of carbonyl (C=O) groups excluding carboxylic acids is 4. The summed E-state index contributed by atoms with van der Waals surface area (Å²) in [4.78, 5) is 72.6. The molecule has 0 aliphatic carbocycles. The number of esters is 4. The molecule has 0 aromatic heterocycles. The molecule has 0 bridgehead atoms. The fraction of sp³-hybridized carbons (Fsp3) is 0.944. The van der Waals surface area contributed by atoms with Crippen LogP contribution >= 0.6 is 15.6 Å². The van der Waals surface area contributed by atoms with Gasteiger partial charge >= 0.3 is 39.5 Å². The second kappa shape index (κ2) is 60.7. The van der Waals surface area contributed by atoms with E-state index in [9.17, 15) is 43.2 Å². The largest absolute Gasteiger partial charge is 0.472 e. The average Bonchev–Trinajstić information content (AvgIpc) is 3.71. The Labute approximate surface area is 549 Å². The number of phosphoric ester groups is 2. The van der Waals surface area contributed by atoms with Crippen LogP contribution < -0.4 is 0 Å². The molecule has 0 heterocycles. The first-order valence-corrected chi connectivity index (χ1v) is 39.8. The van der Waals surface area contributed by atoms with Gasteiger partial charge in [0, 0.05) is 25.7 Å². The molecule has 0 aliphatic rings. The molecule has 0 radical (unpaired) electrons. The number of hydrogen-bond donors (Lipinski definition) is 3. The Morgan fingerprint density at radius 2 is 0.533 bits per heavy atom. The molecule has 0 aromatic carbocycles. The number of aliphatic hydroxyl groups excluding tert-OH is 1. The first-order valence-electron chi connectivity index (χ1n) is 36.8. The van der Waals surface area contributed by atoms with E-state index in [4.69, 9.17) is 37.0 Å². The van der Waals surface area contributed by atoms with Gasteiger partial charge in [0.25, 0.3) is 0 Å². The summed E-state index contributed by atoms with van der Waals surface area (Å²) in [5.74, 6) is 0.902. The molecule has 19 heteroatoms. The Kier molecular flexibility index (Phi) is 59.4. The zero-order chi connectivity index (χ0) is 66.8. The van der Waals surface area contributed by atoms with E-state index in [1.54, 1.807) is 0 Å². The fourth-order valence-electron chi connectivity index (χ4n) is 10.6. The maximum absolute atomic E-state index is 13.0. The number of hydrogen-bond acceptors (Lipinski definition) is 15. The second-order valence-electron chi connectivity index (χ2n) is 27.1. The molecule has 0 spiro atoms. The van der Waals surface area contributed by atoms with Gasteiger partial charge in [0.05, 0.1) is 26.4 Å². The van der Waals surface area contributed by atoms with Gasteiger partial charge in [0.2, 0.25) is 0 Å². The number of rotatable bonds is 68. The van der Waals surface area contributed by atoms with Gasteiger partial charge in [0.15, 0.2) is 12.2 Å². The van der Waals surface area contributed by atoms with E-state index in [0.29, 0.717) is 25.7 Å². The second-order valence-corrected chi connectivity index (χ2v) is 30.0. The van der Waals surface area contributed by atoms with Gasteiger partial charge in [-0.1, -0.05) is 299 Å². The van der Waals surface area contributed by atoms with Crippen molar-refractivity contribution in [2.24, 2.45) is 23.7 Å². The highest BCUT2D eigenvalue weighted by Crippen LogP contribution is 2.45. The number of carbonyl (C=O) groups is 4. The van der Waals surface area contributed by atoms with Gasteiger partial charge in [-0.3, -0.25) is 37.3 Å². The molecule has 3 N–H and O–H groups in total. The molecular formula is C71H138O17P2. The van der Waals surface area contributed by atoms with Crippen molar-refractivity contribution >= 4 is 39.5 Å². The van der Waals surface area contributed by atoms with Gasteiger partial charge in [0.1, 0.15) is 19.3 Å². The number of unbranched alkanes of at least 4 members (excludes halogenated alkanes) is 32. The summed E-state index contributed by atoms with van der Waals surface area (Å²) in [6.07, 6.45) is 43.0. The molecule has 90 heavy (non-hydrogen) atoms. The van der Waals surface area contributed by atoms with Crippen molar-refractivity contribution in [1.82, 2.24) is 0 Å². The lowest BCUT2D eigenvalue weighted by molar-refractivity contribution is -0.161. The van der Waals surface area contributed by atoms with Crippen LogP contribution in [0.3, 0.4) is 0 Å². The highest BCUT2D eigenvalue weighted by Gasteiger charge is 2.30. The standard InChI is InChI=1S/C71H138O17P2/c1-9-63(7)49-41-33-25-21-22-26-35-43-51-68(73)81-57-66(87-71(76)54-46-38-28-20-16-18-24-32-40-48-62(5)6)59-85-89(77,78)83-55-65(72)56-84-90(79,80)86-60-67(58-82-69(74)52-44-36-30-29-34-42-50-64(8)10-2)88-70(75)53-45-37-27-19-15-13-11-12-14-17-23-31-39-47-61(3)4/h61-67,72H,9-60H2,1-8H3,(H,77,78)(H,79,80)/t63?,64?,65-,66-,67-/m1/s1. The number of phosphoric acid groups is 2. The average molecular weight is 1330 g/mol. The summed E-state index contributed by atoms with van der Waals surface area (Å²) >= 11 is 0. The van der Waals surface area contributed by atoms with Gasteiger partial charge in [-0.05, 0) is 49.4 Å². The summed E-state index contributed by atoms with van der Waals surface area (Å²) in [5.41, 5.74) is 0. The fourth-order valence-corrected chi connectivity index (χ4v) is 12.2. The molecular weight excluding hydrogens is 1190 g/mol. The van der Waals surface area contributed by atoms with Crippen LogP contribution in [0.2, 0.25) is 0 Å². The summed E-state index contributed by atoms with van der Waals surface area (Å²) in [7, 11) is -9.90. The number of aliphatic hydroxyl groups is 1. The van der Waals surface area contributed by atoms with E-state index in [0.717, 1.165) is 120 Å². The molecule has 4 unspecified atom stereocenters. The summed E-state index contributed by atoms with van der Waals surface area (Å²) < 4.78 is 68.3. The van der Waals surface area contributed by atoms with E-state index < -0.39 is 97.5 Å². The SMILES string of the molecule is CCC(C)CCCCCCCCCCC(=O)OC[C@H](COP(=O)(O)OC[C@@H](O)COP(=O)(O)OC[C@@H](COC(=O)CCCCCCCCC(C)CC)OC(=O)CCCCCCCCCCCCCCCC(C)C)OC(=O)CCCCCCCCCCCC(C)C. The molecule has 0 aliphatic heterocycles. The van der Waals surface area contributed by atoms with E-state index >= 15 is 0 Å². The predicted octanol–water partition coefficient (Wildman–Crippen LogP) is 20.1. The molecule has 534 valence electrons. The van der Waals surface area contributed by atoms with Crippen molar-refractivity contribution in [3.63, 3.8) is 0 Å². The quantitative estimate of drug-likeness (QED) is 0.0222. The zero-order valence-corrected chi connectivity index (χ0v) is 60.6. The normalized spacial score (nSPS) is 14.9. The topological polar surface area (TPSA) is 237 Å². The summed E-state index contributed by atoms with van der Waals surface area (Å²) in [6, 6.07) is 0. The third kappa shape index (κ3) is 62.2. The monoisotopic (exact) mass is 1320 g/mol. The van der Waals surface area contributed by atoms with Gasteiger partial charge in [-0.2, -0.15) is 0 Å². The maximum atomic E-state index is 13.0. The Morgan fingerprint density at radius 3 is 0.789 bits per heavy atom. The maximum Gasteiger partial charge on any atom is 0.472 e. The predicted molar refractivity (Wildman–Crippen MR) is 363 cm³/mol. The molecule has 0 saturated heterocycles. The van der Waals surface area contributed by atoms with Crippen LogP contribution in [0, 0.1) is 23.7 Å². The zero-order valence-electron chi connectivity index (χ0n) is 58.8. The van der Waals surface area contributed by atoms with Crippen molar-refractivity contribution < 1.29 is 80.2 Å². The molecule has 0 aromatic rings. The lowest BCUT2D eigenvalue weighted by Crippen LogP contribution is -2.30. The minimum Gasteiger partial charge on any atom is -0.462 e. The van der Waals surface area contributed by atoms with Crippen LogP contribution in [0.15, 0.2) is 0 Å². The van der Waals surface area contributed by atoms with Crippen molar-refractivity contribution in [2.75, 3.05) is 39.6 Å². The highest BCUT2D eigenvalue weighted by molar-refractivity contribution is 7.47. The van der Waals surface area contributed by atoms with E-state index in [2.05, 4.69) is 55.4 Å². The minimum absolute atomic E-state index is 0.104. The smallest absolute Gasteiger partial charge is 0.462 e.